The Balaban J connectivity index is 1.96. The van der Waals surface area contributed by atoms with Gasteiger partial charge in [-0.2, -0.15) is 4.98 Å². The molecule has 0 aliphatic rings. The summed E-state index contributed by atoms with van der Waals surface area (Å²) in [6, 6.07) is 15.3. The Hall–Kier alpha value is -3.35. The number of methoxy groups -OCH3 is 1. The maximum atomic E-state index is 11.5. The fraction of sp³-hybridized carbons (Fsp3) is 0.250. The van der Waals surface area contributed by atoms with Crippen LogP contribution in [0.15, 0.2) is 48.5 Å². The van der Waals surface area contributed by atoms with Crippen molar-refractivity contribution >= 4 is 11.6 Å². The molecule has 3 rings (SSSR count). The molecule has 2 aromatic carbocycles. The highest BCUT2D eigenvalue weighted by atomic mass is 16.5. The van der Waals surface area contributed by atoms with Gasteiger partial charge in [0.1, 0.15) is 5.75 Å². The monoisotopic (exact) mass is 366 g/mol. The van der Waals surface area contributed by atoms with E-state index in [-0.39, 0.29) is 5.91 Å². The third-order valence-corrected chi connectivity index (χ3v) is 3.93. The predicted octanol–water partition coefficient (Wildman–Crippen LogP) is 3.69. The van der Waals surface area contributed by atoms with E-state index >= 15 is 0 Å². The molecule has 0 unspecified atom stereocenters. The van der Waals surface area contributed by atoms with Crippen LogP contribution in [0.2, 0.25) is 0 Å². The van der Waals surface area contributed by atoms with Gasteiger partial charge < -0.3 is 14.8 Å². The third kappa shape index (κ3) is 4.25. The lowest BCUT2D eigenvalue weighted by Crippen LogP contribution is -2.09. The number of rotatable bonds is 7. The van der Waals surface area contributed by atoms with E-state index in [0.29, 0.717) is 24.9 Å². The van der Waals surface area contributed by atoms with Crippen molar-refractivity contribution in [2.24, 2.45) is 0 Å². The minimum absolute atomic E-state index is 0.0268. The molecule has 7 heteroatoms. The summed E-state index contributed by atoms with van der Waals surface area (Å²) in [5.74, 6) is 1.40. The van der Waals surface area contributed by atoms with Crippen LogP contribution in [-0.2, 0) is 4.79 Å². The second-order valence-electron chi connectivity index (χ2n) is 5.74. The van der Waals surface area contributed by atoms with Gasteiger partial charge in [-0.1, -0.05) is 6.92 Å². The number of nitrogens with zero attached hydrogens (tertiary/aromatic N) is 3. The van der Waals surface area contributed by atoms with Crippen LogP contribution in [-0.4, -0.2) is 34.4 Å². The lowest BCUT2D eigenvalue weighted by atomic mass is 10.2. The lowest BCUT2D eigenvalue weighted by Gasteiger charge is -2.08. The van der Waals surface area contributed by atoms with E-state index in [9.17, 15) is 4.79 Å². The maximum Gasteiger partial charge on any atom is 0.336 e. The Labute approximate surface area is 158 Å². The van der Waals surface area contributed by atoms with Gasteiger partial charge >= 0.3 is 6.01 Å². The number of amides is 1. The maximum absolute atomic E-state index is 11.5. The molecular formula is C20H22N4O3. The molecule has 1 amide bonds. The van der Waals surface area contributed by atoms with E-state index in [4.69, 9.17) is 9.47 Å². The highest BCUT2D eigenvalue weighted by Crippen LogP contribution is 2.26. The molecule has 0 aliphatic carbocycles. The second kappa shape index (κ2) is 8.35. The summed E-state index contributed by atoms with van der Waals surface area (Å²) in [4.78, 5) is 16.0. The fourth-order valence-electron chi connectivity index (χ4n) is 2.53. The zero-order valence-electron chi connectivity index (χ0n) is 15.6. The second-order valence-corrected chi connectivity index (χ2v) is 5.74. The van der Waals surface area contributed by atoms with Crippen molar-refractivity contribution in [3.05, 3.63) is 48.5 Å². The number of anilines is 1. The smallest absolute Gasteiger partial charge is 0.336 e. The van der Waals surface area contributed by atoms with Gasteiger partial charge in [0.05, 0.1) is 19.4 Å². The quantitative estimate of drug-likeness (QED) is 0.690. The van der Waals surface area contributed by atoms with Crippen LogP contribution in [0.4, 0.5) is 5.69 Å². The number of carbonyl (C=O) groups is 1. The normalized spacial score (nSPS) is 10.5. The van der Waals surface area contributed by atoms with Crippen LogP contribution in [0.1, 0.15) is 20.3 Å². The Kier molecular flexibility index (Phi) is 5.71. The van der Waals surface area contributed by atoms with Gasteiger partial charge in [-0.25, -0.2) is 4.68 Å². The number of carbonyl (C=O) groups excluding carboxylic acids is 1. The molecule has 0 atom stereocenters. The van der Waals surface area contributed by atoms with Crippen molar-refractivity contribution in [2.45, 2.75) is 20.3 Å². The molecule has 0 saturated heterocycles. The summed E-state index contributed by atoms with van der Waals surface area (Å²) in [6.07, 6.45) is 0.435. The zero-order chi connectivity index (χ0) is 19.2. The third-order valence-electron chi connectivity index (χ3n) is 3.93. The van der Waals surface area contributed by atoms with Crippen LogP contribution in [0.5, 0.6) is 11.8 Å². The Morgan fingerprint density at radius 3 is 2.37 bits per heavy atom. The molecule has 1 heterocycles. The molecule has 0 aliphatic heterocycles. The van der Waals surface area contributed by atoms with Crippen molar-refractivity contribution < 1.29 is 14.3 Å². The average Bonchev–Trinajstić information content (AvgIpc) is 3.12. The van der Waals surface area contributed by atoms with Crippen molar-refractivity contribution in [3.63, 3.8) is 0 Å². The number of nitrogens with one attached hydrogen (secondary N) is 1. The highest BCUT2D eigenvalue weighted by molar-refractivity contribution is 5.90. The van der Waals surface area contributed by atoms with Gasteiger partial charge in [-0.15, -0.1) is 5.10 Å². The molecule has 1 N–H and O–H groups in total. The largest absolute Gasteiger partial charge is 0.497 e. The van der Waals surface area contributed by atoms with Crippen LogP contribution in [0.3, 0.4) is 0 Å². The molecule has 27 heavy (non-hydrogen) atoms. The first-order chi connectivity index (χ1) is 13.1. The van der Waals surface area contributed by atoms with Gasteiger partial charge in [0, 0.05) is 17.7 Å². The molecule has 7 nitrogen and oxygen atoms in total. The number of aromatic nitrogens is 3. The molecular weight excluding hydrogens is 344 g/mol. The van der Waals surface area contributed by atoms with Gasteiger partial charge in [0.25, 0.3) is 0 Å². The predicted molar refractivity (Wildman–Crippen MR) is 103 cm³/mol. The summed E-state index contributed by atoms with van der Waals surface area (Å²) in [7, 11) is 1.63. The molecule has 0 saturated carbocycles. The van der Waals surface area contributed by atoms with E-state index in [1.807, 2.05) is 62.4 Å². The Bertz CT molecular complexity index is 902. The van der Waals surface area contributed by atoms with Gasteiger partial charge in [-0.3, -0.25) is 4.79 Å². The molecule has 0 bridgehead atoms. The van der Waals surface area contributed by atoms with E-state index in [0.717, 1.165) is 22.7 Å². The summed E-state index contributed by atoms with van der Waals surface area (Å²) in [5, 5.41) is 7.29. The highest BCUT2D eigenvalue weighted by Gasteiger charge is 2.15. The number of ether oxygens (including phenoxy) is 2. The van der Waals surface area contributed by atoms with Gasteiger partial charge in [-0.05, 0) is 55.5 Å². The molecule has 3 aromatic rings. The zero-order valence-corrected chi connectivity index (χ0v) is 15.6. The summed E-state index contributed by atoms with van der Waals surface area (Å²) in [5.41, 5.74) is 2.44. The molecule has 0 spiro atoms. The van der Waals surface area contributed by atoms with Crippen molar-refractivity contribution in [3.8, 4) is 28.8 Å². The van der Waals surface area contributed by atoms with E-state index in [1.165, 1.54) is 0 Å². The first-order valence-corrected chi connectivity index (χ1v) is 8.79. The number of hydrogen-bond donors (Lipinski definition) is 1. The first kappa shape index (κ1) is 18.4. The Morgan fingerprint density at radius 1 is 1.07 bits per heavy atom. The molecule has 1 aromatic heterocycles. The van der Waals surface area contributed by atoms with Crippen LogP contribution < -0.4 is 14.8 Å². The number of hydrogen-bond acceptors (Lipinski definition) is 5. The standard InChI is InChI=1S/C20H22N4O3/c1-4-18(25)21-15-8-10-16(11-9-15)24-19(22-20(23-24)27-5-2)14-6-12-17(26-3)13-7-14/h6-13H,4-5H2,1-3H3,(H,21,25). The topological polar surface area (TPSA) is 78.3 Å². The summed E-state index contributed by atoms with van der Waals surface area (Å²) < 4.78 is 12.4. The Morgan fingerprint density at radius 2 is 1.78 bits per heavy atom. The van der Waals surface area contributed by atoms with Crippen molar-refractivity contribution in [1.29, 1.82) is 0 Å². The van der Waals surface area contributed by atoms with E-state index in [2.05, 4.69) is 15.4 Å². The molecule has 0 radical (unpaired) electrons. The van der Waals surface area contributed by atoms with Crippen LogP contribution in [0.25, 0.3) is 17.1 Å². The average molecular weight is 366 g/mol. The minimum atomic E-state index is -0.0268. The molecule has 0 fully saturated rings. The van der Waals surface area contributed by atoms with Crippen LogP contribution >= 0.6 is 0 Å². The fourth-order valence-corrected chi connectivity index (χ4v) is 2.53. The first-order valence-electron chi connectivity index (χ1n) is 8.79. The van der Waals surface area contributed by atoms with Gasteiger partial charge in [0.2, 0.25) is 5.91 Å². The summed E-state index contributed by atoms with van der Waals surface area (Å²) in [6.45, 7) is 4.18. The van der Waals surface area contributed by atoms with Crippen molar-refractivity contribution in [1.82, 2.24) is 14.8 Å². The minimum Gasteiger partial charge on any atom is -0.497 e. The number of benzene rings is 2. The van der Waals surface area contributed by atoms with Crippen LogP contribution in [0, 0.1) is 0 Å². The molecule has 140 valence electrons. The van der Waals surface area contributed by atoms with E-state index < -0.39 is 0 Å². The summed E-state index contributed by atoms with van der Waals surface area (Å²) >= 11 is 0. The lowest BCUT2D eigenvalue weighted by molar-refractivity contribution is -0.115. The van der Waals surface area contributed by atoms with Crippen molar-refractivity contribution in [2.75, 3.05) is 19.0 Å². The van der Waals surface area contributed by atoms with Gasteiger partial charge in [0.15, 0.2) is 5.82 Å². The van der Waals surface area contributed by atoms with E-state index in [1.54, 1.807) is 11.8 Å². The SMILES string of the molecule is CCOc1nc(-c2ccc(OC)cc2)n(-c2ccc(NC(=O)CC)cc2)n1.